The Kier molecular flexibility index (Phi) is 4.70. The fourth-order valence-corrected chi connectivity index (χ4v) is 4.36. The van der Waals surface area contributed by atoms with Gasteiger partial charge in [0.2, 0.25) is 5.76 Å². The summed E-state index contributed by atoms with van der Waals surface area (Å²) in [6.07, 6.45) is 0. The van der Waals surface area contributed by atoms with Gasteiger partial charge in [0.15, 0.2) is 5.43 Å². The molecular formula is C27H24N2O3. The Morgan fingerprint density at radius 1 is 0.969 bits per heavy atom. The zero-order valence-electron chi connectivity index (χ0n) is 18.5. The van der Waals surface area contributed by atoms with Gasteiger partial charge in [-0.25, -0.2) is 4.98 Å². The summed E-state index contributed by atoms with van der Waals surface area (Å²) in [5.41, 5.74) is 4.41. The lowest BCUT2D eigenvalue weighted by atomic mass is 9.95. The highest BCUT2D eigenvalue weighted by Gasteiger charge is 2.44. The fourth-order valence-electron chi connectivity index (χ4n) is 4.36. The third-order valence-corrected chi connectivity index (χ3v) is 6.06. The average molecular weight is 425 g/mol. The lowest BCUT2D eigenvalue weighted by Crippen LogP contribution is -2.30. The number of aromatic nitrogens is 1. The number of fused-ring (bicyclic) bond motifs is 2. The molecule has 3 heterocycles. The molecule has 0 unspecified atom stereocenters. The minimum absolute atomic E-state index is 0.0904. The zero-order valence-corrected chi connectivity index (χ0v) is 18.5. The van der Waals surface area contributed by atoms with Crippen LogP contribution in [-0.2, 0) is 0 Å². The topological polar surface area (TPSA) is 63.4 Å². The minimum atomic E-state index is -0.603. The van der Waals surface area contributed by atoms with E-state index in [-0.39, 0.29) is 17.1 Å². The minimum Gasteiger partial charge on any atom is -0.450 e. The molecular weight excluding hydrogens is 400 g/mol. The molecule has 0 fully saturated rings. The highest BCUT2D eigenvalue weighted by atomic mass is 16.3. The number of carbonyl (C=O) groups excluding carboxylic acids is 1. The number of hydrogen-bond acceptors (Lipinski definition) is 4. The van der Waals surface area contributed by atoms with Gasteiger partial charge in [0, 0.05) is 5.69 Å². The molecule has 5 rings (SSSR count). The Morgan fingerprint density at radius 2 is 1.72 bits per heavy atom. The van der Waals surface area contributed by atoms with Crippen LogP contribution in [0.1, 0.15) is 64.3 Å². The SMILES string of the molecule is Cc1ccc2oc3c(c(=O)c2c1)[C@H](c1ccc(C(C)C)cc1)N(c1cccc(C)n1)C3=O. The van der Waals surface area contributed by atoms with Gasteiger partial charge in [-0.2, -0.15) is 0 Å². The summed E-state index contributed by atoms with van der Waals surface area (Å²) < 4.78 is 6.03. The van der Waals surface area contributed by atoms with Crippen LogP contribution in [0.2, 0.25) is 0 Å². The van der Waals surface area contributed by atoms with E-state index in [2.05, 4.69) is 31.0 Å². The molecule has 0 N–H and O–H groups in total. The predicted molar refractivity (Wildman–Crippen MR) is 125 cm³/mol. The Hall–Kier alpha value is -3.73. The number of anilines is 1. The normalized spacial score (nSPS) is 15.6. The van der Waals surface area contributed by atoms with Gasteiger partial charge in [0.25, 0.3) is 5.91 Å². The number of amides is 1. The van der Waals surface area contributed by atoms with Gasteiger partial charge in [0.1, 0.15) is 11.4 Å². The van der Waals surface area contributed by atoms with Gasteiger partial charge in [-0.1, -0.05) is 55.8 Å². The van der Waals surface area contributed by atoms with Gasteiger partial charge in [0.05, 0.1) is 17.0 Å². The van der Waals surface area contributed by atoms with Crippen molar-refractivity contribution in [3.63, 3.8) is 0 Å². The van der Waals surface area contributed by atoms with Crippen molar-refractivity contribution in [3.05, 3.63) is 105 Å². The van der Waals surface area contributed by atoms with Gasteiger partial charge in [-0.05, 0) is 55.2 Å². The van der Waals surface area contributed by atoms with Gasteiger partial charge < -0.3 is 4.42 Å². The van der Waals surface area contributed by atoms with Crippen molar-refractivity contribution in [3.8, 4) is 0 Å². The number of rotatable bonds is 3. The van der Waals surface area contributed by atoms with Gasteiger partial charge >= 0.3 is 0 Å². The highest BCUT2D eigenvalue weighted by Crippen LogP contribution is 2.40. The van der Waals surface area contributed by atoms with Crippen LogP contribution in [0.25, 0.3) is 11.0 Å². The number of benzene rings is 2. The molecule has 0 spiro atoms. The van der Waals surface area contributed by atoms with E-state index in [9.17, 15) is 9.59 Å². The zero-order chi connectivity index (χ0) is 22.6. The summed E-state index contributed by atoms with van der Waals surface area (Å²) >= 11 is 0. The molecule has 2 aromatic heterocycles. The van der Waals surface area contributed by atoms with Crippen molar-refractivity contribution in [2.24, 2.45) is 0 Å². The molecule has 1 atom stereocenters. The van der Waals surface area contributed by atoms with E-state index >= 15 is 0 Å². The molecule has 0 radical (unpaired) electrons. The van der Waals surface area contributed by atoms with E-state index in [1.807, 2.05) is 50.2 Å². The van der Waals surface area contributed by atoms with E-state index in [4.69, 9.17) is 4.42 Å². The highest BCUT2D eigenvalue weighted by molar-refractivity contribution is 6.10. The van der Waals surface area contributed by atoms with Crippen LogP contribution in [0.15, 0.2) is 69.9 Å². The second kappa shape index (κ2) is 7.45. The predicted octanol–water partition coefficient (Wildman–Crippen LogP) is 5.68. The third-order valence-electron chi connectivity index (χ3n) is 6.06. The molecule has 5 heteroatoms. The smallest absolute Gasteiger partial charge is 0.296 e. The Balaban J connectivity index is 1.79. The number of pyridine rings is 1. The van der Waals surface area contributed by atoms with Crippen LogP contribution in [0, 0.1) is 13.8 Å². The molecule has 0 saturated carbocycles. The van der Waals surface area contributed by atoms with Crippen LogP contribution >= 0.6 is 0 Å². The van der Waals surface area contributed by atoms with Crippen LogP contribution in [0.5, 0.6) is 0 Å². The first kappa shape index (κ1) is 20.2. The first-order valence-corrected chi connectivity index (χ1v) is 10.8. The second-order valence-corrected chi connectivity index (χ2v) is 8.71. The number of carbonyl (C=O) groups is 1. The first-order valence-electron chi connectivity index (χ1n) is 10.8. The van der Waals surface area contributed by atoms with Crippen molar-refractivity contribution in [2.45, 2.75) is 39.7 Å². The summed E-state index contributed by atoms with van der Waals surface area (Å²) in [6.45, 7) is 8.08. The number of hydrogen-bond donors (Lipinski definition) is 0. The molecule has 1 aliphatic heterocycles. The molecule has 5 nitrogen and oxygen atoms in total. The molecule has 0 aliphatic carbocycles. The quantitative estimate of drug-likeness (QED) is 0.425. The summed E-state index contributed by atoms with van der Waals surface area (Å²) in [7, 11) is 0. The largest absolute Gasteiger partial charge is 0.450 e. The molecule has 0 saturated heterocycles. The lowest BCUT2D eigenvalue weighted by molar-refractivity contribution is 0.0970. The number of nitrogens with zero attached hydrogens (tertiary/aromatic N) is 2. The van der Waals surface area contributed by atoms with Crippen molar-refractivity contribution >= 4 is 22.7 Å². The van der Waals surface area contributed by atoms with Crippen molar-refractivity contribution in [2.75, 3.05) is 4.90 Å². The summed E-state index contributed by atoms with van der Waals surface area (Å²) in [5.74, 6) is 0.621. The Labute approximate surface area is 186 Å². The summed E-state index contributed by atoms with van der Waals surface area (Å²) in [4.78, 5) is 33.4. The summed E-state index contributed by atoms with van der Waals surface area (Å²) in [6, 6.07) is 18.5. The van der Waals surface area contributed by atoms with E-state index in [0.29, 0.717) is 28.3 Å². The van der Waals surface area contributed by atoms with Gasteiger partial charge in [-0.3, -0.25) is 14.5 Å². The monoisotopic (exact) mass is 424 g/mol. The maximum absolute atomic E-state index is 13.7. The fraction of sp³-hybridized carbons (Fsp3) is 0.222. The Morgan fingerprint density at radius 3 is 2.41 bits per heavy atom. The number of aryl methyl sites for hydroxylation is 2. The van der Waals surface area contributed by atoms with Crippen LogP contribution < -0.4 is 10.3 Å². The average Bonchev–Trinajstić information content (AvgIpc) is 3.07. The maximum Gasteiger partial charge on any atom is 0.296 e. The first-order chi connectivity index (χ1) is 15.3. The standard InChI is InChI=1S/C27H24N2O3/c1-15(2)18-9-11-19(12-10-18)24-23-25(30)20-14-16(3)8-13-21(20)32-26(23)27(31)29(24)22-7-5-6-17(4)28-22/h5-15,24H,1-4H3/t24-/m0/s1. The van der Waals surface area contributed by atoms with Crippen LogP contribution in [0.4, 0.5) is 5.82 Å². The van der Waals surface area contributed by atoms with Crippen LogP contribution in [-0.4, -0.2) is 10.9 Å². The summed E-state index contributed by atoms with van der Waals surface area (Å²) in [5, 5.41) is 0.486. The van der Waals surface area contributed by atoms with E-state index < -0.39 is 6.04 Å². The second-order valence-electron chi connectivity index (χ2n) is 8.71. The molecule has 160 valence electrons. The molecule has 0 bridgehead atoms. The molecule has 32 heavy (non-hydrogen) atoms. The third kappa shape index (κ3) is 3.12. The molecule has 1 amide bonds. The molecule has 1 aliphatic rings. The molecule has 2 aromatic carbocycles. The van der Waals surface area contributed by atoms with E-state index in [0.717, 1.165) is 16.8 Å². The van der Waals surface area contributed by atoms with Gasteiger partial charge in [-0.15, -0.1) is 0 Å². The molecule has 4 aromatic rings. The van der Waals surface area contributed by atoms with E-state index in [1.54, 1.807) is 17.0 Å². The van der Waals surface area contributed by atoms with Crippen molar-refractivity contribution in [1.29, 1.82) is 0 Å². The van der Waals surface area contributed by atoms with E-state index in [1.165, 1.54) is 5.56 Å². The maximum atomic E-state index is 13.7. The lowest BCUT2D eigenvalue weighted by Gasteiger charge is -2.24. The van der Waals surface area contributed by atoms with Crippen molar-refractivity contribution < 1.29 is 9.21 Å². The van der Waals surface area contributed by atoms with Crippen LogP contribution in [0.3, 0.4) is 0 Å². The van der Waals surface area contributed by atoms with Crippen molar-refractivity contribution in [1.82, 2.24) is 4.98 Å². The Bertz CT molecular complexity index is 1420.